The summed E-state index contributed by atoms with van der Waals surface area (Å²) in [5.41, 5.74) is 8.02. The van der Waals surface area contributed by atoms with Gasteiger partial charge in [-0.05, 0) is 49.4 Å². The highest BCUT2D eigenvalue weighted by molar-refractivity contribution is 6.32. The van der Waals surface area contributed by atoms with Crippen LogP contribution in [0.1, 0.15) is 24.0 Å². The van der Waals surface area contributed by atoms with Gasteiger partial charge in [0.1, 0.15) is 5.75 Å². The average Bonchev–Trinajstić information content (AvgIpc) is 2.26. The first-order chi connectivity index (χ1) is 7.31. The van der Waals surface area contributed by atoms with E-state index in [0.717, 1.165) is 49.6 Å². The molecule has 0 saturated heterocycles. The first-order valence-electron chi connectivity index (χ1n) is 5.45. The van der Waals surface area contributed by atoms with Gasteiger partial charge >= 0.3 is 0 Å². The molecule has 0 bridgehead atoms. The van der Waals surface area contributed by atoms with Gasteiger partial charge in [0.2, 0.25) is 0 Å². The molecule has 0 spiro atoms. The number of ether oxygens (including phenoxy) is 1. The summed E-state index contributed by atoms with van der Waals surface area (Å²) in [4.78, 5) is 0. The van der Waals surface area contributed by atoms with Crippen LogP contribution in [0, 0.1) is 0 Å². The topological polar surface area (TPSA) is 35.2 Å². The third-order valence-electron chi connectivity index (χ3n) is 2.69. The van der Waals surface area contributed by atoms with Crippen molar-refractivity contribution in [3.8, 4) is 5.75 Å². The van der Waals surface area contributed by atoms with Crippen LogP contribution in [-0.2, 0) is 12.8 Å². The third-order valence-corrected chi connectivity index (χ3v) is 2.97. The third kappa shape index (κ3) is 2.44. The fourth-order valence-electron chi connectivity index (χ4n) is 1.95. The summed E-state index contributed by atoms with van der Waals surface area (Å²) in [5, 5.41) is 0.749. The molecule has 82 valence electrons. The second-order valence-electron chi connectivity index (χ2n) is 3.91. The van der Waals surface area contributed by atoms with Crippen molar-refractivity contribution >= 4 is 11.6 Å². The molecule has 2 rings (SSSR count). The van der Waals surface area contributed by atoms with Gasteiger partial charge in [-0.1, -0.05) is 17.7 Å². The van der Waals surface area contributed by atoms with Crippen LogP contribution in [0.15, 0.2) is 12.1 Å². The van der Waals surface area contributed by atoms with Crippen LogP contribution in [0.25, 0.3) is 0 Å². The molecule has 0 saturated carbocycles. The van der Waals surface area contributed by atoms with E-state index in [1.54, 1.807) is 0 Å². The molecule has 1 heterocycles. The van der Waals surface area contributed by atoms with Crippen LogP contribution >= 0.6 is 11.6 Å². The van der Waals surface area contributed by atoms with Crippen molar-refractivity contribution < 1.29 is 4.74 Å². The lowest BCUT2D eigenvalue weighted by atomic mass is 10.0. The van der Waals surface area contributed by atoms with Crippen LogP contribution < -0.4 is 10.5 Å². The zero-order valence-corrected chi connectivity index (χ0v) is 9.52. The van der Waals surface area contributed by atoms with Crippen molar-refractivity contribution in [1.29, 1.82) is 0 Å². The largest absolute Gasteiger partial charge is 0.492 e. The highest BCUT2D eigenvalue weighted by atomic mass is 35.5. The summed E-state index contributed by atoms with van der Waals surface area (Å²) in [7, 11) is 0. The summed E-state index contributed by atoms with van der Waals surface area (Å²) < 4.78 is 5.56. The number of hydrogen-bond donors (Lipinski definition) is 1. The fraction of sp³-hybridized carbons (Fsp3) is 0.500. The van der Waals surface area contributed by atoms with Gasteiger partial charge in [0, 0.05) is 0 Å². The van der Waals surface area contributed by atoms with Gasteiger partial charge in [0.15, 0.2) is 0 Å². The Labute approximate surface area is 95.4 Å². The summed E-state index contributed by atoms with van der Waals surface area (Å²) >= 11 is 6.17. The zero-order chi connectivity index (χ0) is 10.7. The van der Waals surface area contributed by atoms with Crippen LogP contribution in [0.4, 0.5) is 0 Å². The van der Waals surface area contributed by atoms with Gasteiger partial charge in [-0.3, -0.25) is 0 Å². The highest BCUT2D eigenvalue weighted by Crippen LogP contribution is 2.34. The molecule has 2 N–H and O–H groups in total. The molecule has 1 aromatic rings. The molecule has 1 aromatic carbocycles. The molecule has 0 fully saturated rings. The Bertz CT molecular complexity index is 352. The molecule has 0 aliphatic carbocycles. The molecule has 0 amide bonds. The van der Waals surface area contributed by atoms with E-state index >= 15 is 0 Å². The second kappa shape index (κ2) is 4.86. The molecule has 1 aliphatic heterocycles. The summed E-state index contributed by atoms with van der Waals surface area (Å²) in [6.07, 6.45) is 4.18. The van der Waals surface area contributed by atoms with Crippen LogP contribution in [0.3, 0.4) is 0 Å². The first kappa shape index (κ1) is 10.8. The number of rotatable bonds is 3. The summed E-state index contributed by atoms with van der Waals surface area (Å²) in [5.74, 6) is 0.888. The second-order valence-corrected chi connectivity index (χ2v) is 4.32. The van der Waals surface area contributed by atoms with Crippen LogP contribution in [0.5, 0.6) is 5.75 Å². The molecule has 2 nitrogen and oxygen atoms in total. The molecule has 3 heteroatoms. The van der Waals surface area contributed by atoms with Gasteiger partial charge < -0.3 is 10.5 Å². The number of halogens is 1. The van der Waals surface area contributed by atoms with Crippen molar-refractivity contribution in [3.05, 3.63) is 28.3 Å². The van der Waals surface area contributed by atoms with Crippen LogP contribution in [-0.4, -0.2) is 13.2 Å². The first-order valence-corrected chi connectivity index (χ1v) is 5.83. The Morgan fingerprint density at radius 2 is 2.27 bits per heavy atom. The predicted molar refractivity (Wildman–Crippen MR) is 62.6 cm³/mol. The standard InChI is InChI=1S/C12H16ClNO/c13-11-8-9(3-1-5-14)7-10-4-2-6-15-12(10)11/h7-8H,1-6,14H2. The molecule has 0 unspecified atom stereocenters. The molecule has 0 atom stereocenters. The molecular weight excluding hydrogens is 210 g/mol. The SMILES string of the molecule is NCCCc1cc(Cl)c2c(c1)CCCO2. The van der Waals surface area contributed by atoms with Gasteiger partial charge in [0.25, 0.3) is 0 Å². The number of aryl methyl sites for hydroxylation is 2. The number of fused-ring (bicyclic) bond motifs is 1. The van der Waals surface area contributed by atoms with E-state index in [2.05, 4.69) is 6.07 Å². The van der Waals surface area contributed by atoms with E-state index < -0.39 is 0 Å². The van der Waals surface area contributed by atoms with E-state index in [1.165, 1.54) is 11.1 Å². The van der Waals surface area contributed by atoms with E-state index in [4.69, 9.17) is 22.1 Å². The normalized spacial score (nSPS) is 14.5. The minimum absolute atomic E-state index is 0.727. The predicted octanol–water partition coefficient (Wildman–Crippen LogP) is 2.56. The summed E-state index contributed by atoms with van der Waals surface area (Å²) in [6, 6.07) is 4.21. The maximum atomic E-state index is 6.17. The van der Waals surface area contributed by atoms with Crippen LogP contribution in [0.2, 0.25) is 5.02 Å². The lowest BCUT2D eigenvalue weighted by Gasteiger charge is -2.19. The summed E-state index contributed by atoms with van der Waals surface area (Å²) in [6.45, 7) is 1.51. The van der Waals surface area contributed by atoms with E-state index in [-0.39, 0.29) is 0 Å². The molecule has 15 heavy (non-hydrogen) atoms. The lowest BCUT2D eigenvalue weighted by molar-refractivity contribution is 0.288. The van der Waals surface area contributed by atoms with Gasteiger partial charge in [0.05, 0.1) is 11.6 Å². The van der Waals surface area contributed by atoms with Crippen molar-refractivity contribution in [2.24, 2.45) is 5.73 Å². The maximum Gasteiger partial charge on any atom is 0.141 e. The monoisotopic (exact) mass is 225 g/mol. The Morgan fingerprint density at radius 3 is 3.07 bits per heavy atom. The fourth-order valence-corrected chi connectivity index (χ4v) is 2.26. The molecule has 0 aromatic heterocycles. The van der Waals surface area contributed by atoms with Gasteiger partial charge in [-0.2, -0.15) is 0 Å². The minimum Gasteiger partial charge on any atom is -0.492 e. The average molecular weight is 226 g/mol. The maximum absolute atomic E-state index is 6.17. The van der Waals surface area contributed by atoms with Crippen molar-refractivity contribution in [3.63, 3.8) is 0 Å². The van der Waals surface area contributed by atoms with E-state index in [0.29, 0.717) is 0 Å². The Morgan fingerprint density at radius 1 is 1.40 bits per heavy atom. The van der Waals surface area contributed by atoms with Crippen molar-refractivity contribution in [2.75, 3.05) is 13.2 Å². The Balaban J connectivity index is 2.24. The smallest absolute Gasteiger partial charge is 0.141 e. The highest BCUT2D eigenvalue weighted by Gasteiger charge is 2.14. The zero-order valence-electron chi connectivity index (χ0n) is 8.76. The number of hydrogen-bond acceptors (Lipinski definition) is 2. The Kier molecular flexibility index (Phi) is 3.49. The molecular formula is C12H16ClNO. The van der Waals surface area contributed by atoms with Gasteiger partial charge in [-0.25, -0.2) is 0 Å². The van der Waals surface area contributed by atoms with E-state index in [9.17, 15) is 0 Å². The van der Waals surface area contributed by atoms with E-state index in [1.807, 2.05) is 6.07 Å². The Hall–Kier alpha value is -0.730. The van der Waals surface area contributed by atoms with Crippen molar-refractivity contribution in [2.45, 2.75) is 25.7 Å². The minimum atomic E-state index is 0.727. The molecule has 0 radical (unpaired) electrons. The molecule has 1 aliphatic rings. The number of nitrogens with two attached hydrogens (primary N) is 1. The lowest BCUT2D eigenvalue weighted by Crippen LogP contribution is -2.09. The van der Waals surface area contributed by atoms with Crippen molar-refractivity contribution in [1.82, 2.24) is 0 Å². The quantitative estimate of drug-likeness (QED) is 0.858. The number of benzene rings is 1. The van der Waals surface area contributed by atoms with Gasteiger partial charge in [-0.15, -0.1) is 0 Å².